The fourth-order valence-corrected chi connectivity index (χ4v) is 11.0. The normalized spacial score (nSPS) is 14.3. The summed E-state index contributed by atoms with van der Waals surface area (Å²) in [4.78, 5) is 4.95. The van der Waals surface area contributed by atoms with Crippen LogP contribution in [0.4, 0.5) is 17.3 Å². The number of benzene rings is 8. The number of hydrogen-bond donors (Lipinski definition) is 0. The number of para-hydroxylation sites is 2. The van der Waals surface area contributed by atoms with Gasteiger partial charge in [0.1, 0.15) is 5.76 Å². The van der Waals surface area contributed by atoms with Gasteiger partial charge in [-0.3, -0.25) is 9.80 Å². The molecule has 0 spiro atoms. The maximum Gasteiger partial charge on any atom is 0.205 e. The van der Waals surface area contributed by atoms with Crippen LogP contribution in [0, 0.1) is 0 Å². The fourth-order valence-electron chi connectivity index (χ4n) is 11.0. The van der Waals surface area contributed by atoms with E-state index in [0.717, 1.165) is 59.3 Å². The van der Waals surface area contributed by atoms with Crippen LogP contribution in [0.1, 0.15) is 56.9 Å². The van der Waals surface area contributed by atoms with Crippen molar-refractivity contribution in [1.82, 2.24) is 9.47 Å². The van der Waals surface area contributed by atoms with Gasteiger partial charge in [-0.2, -0.15) is 0 Å². The van der Waals surface area contributed by atoms with E-state index in [2.05, 4.69) is 243 Å². The number of hydrogen-bond acceptors (Lipinski definition) is 3. The minimum atomic E-state index is -0.224. The van der Waals surface area contributed by atoms with Gasteiger partial charge >= 0.3 is 0 Å². The lowest BCUT2D eigenvalue weighted by molar-refractivity contribution is 0.121. The molecule has 2 aromatic heterocycles. The molecule has 4 nitrogen and oxygen atoms in total. The summed E-state index contributed by atoms with van der Waals surface area (Å²) in [5, 5.41) is 2.45. The van der Waals surface area contributed by atoms with Gasteiger partial charge in [0.25, 0.3) is 0 Å². The third-order valence-electron chi connectivity index (χ3n) is 14.4. The average molecular weight is 856 g/mol. The van der Waals surface area contributed by atoms with Crippen molar-refractivity contribution < 1.29 is 4.42 Å². The molecule has 322 valence electrons. The summed E-state index contributed by atoms with van der Waals surface area (Å²) in [6.45, 7) is 13.8. The van der Waals surface area contributed by atoms with E-state index in [1.54, 1.807) is 0 Å². The average Bonchev–Trinajstić information content (AvgIpc) is 4.03. The van der Waals surface area contributed by atoms with Crippen molar-refractivity contribution in [3.05, 3.63) is 216 Å². The number of nitrogens with zero attached hydrogens (tertiary/aromatic N) is 3. The zero-order valence-electron chi connectivity index (χ0n) is 38.3. The predicted octanol–water partition coefficient (Wildman–Crippen LogP) is 16.3. The van der Waals surface area contributed by atoms with Crippen LogP contribution in [0.15, 0.2) is 199 Å². The van der Waals surface area contributed by atoms with Gasteiger partial charge in [0.15, 0.2) is 0 Å². The molecule has 0 saturated carbocycles. The van der Waals surface area contributed by atoms with Gasteiger partial charge in [0.2, 0.25) is 5.88 Å². The summed E-state index contributed by atoms with van der Waals surface area (Å²) in [6, 6.07) is 70.9. The number of aromatic nitrogens is 1. The molecule has 0 fully saturated rings. The maximum absolute atomic E-state index is 7.15. The standard InChI is InChI=1S/C62H53N3O/c1-61(2,3)63-36-35-48-44(40-63)19-16-24-49(48)53-38-47(39-55-60(53)52-23-12-14-25-54(52)62(55,4)5)64(46-30-27-42(28-31-46)41-17-8-6-9-18-41)59-34-33-58(66-59)43-29-32-51-50-22-13-15-26-56(50)65(57(51)37-43)45-20-10-7-11-21-45/h6-34,37-39H,35-36,40H2,1-5H3. The SMILES string of the molecule is CC1(C)c2ccccc2-c2c(-c3cccc4c3CCN(C(C)(C)C)C4)cc(N(c3ccc(-c4ccccc4)cc3)c3ccc(-c4ccc5c6ccccc6n(-c6ccccc6)c5c4)o3)cc21. The van der Waals surface area contributed by atoms with E-state index in [1.165, 1.54) is 71.9 Å². The molecule has 0 saturated heterocycles. The van der Waals surface area contributed by atoms with Gasteiger partial charge in [0, 0.05) is 57.8 Å². The molecule has 0 atom stereocenters. The number of furan rings is 1. The Morgan fingerprint density at radius 3 is 2.02 bits per heavy atom. The molecule has 10 aromatic rings. The maximum atomic E-state index is 7.15. The summed E-state index contributed by atoms with van der Waals surface area (Å²) >= 11 is 0. The summed E-state index contributed by atoms with van der Waals surface area (Å²) < 4.78 is 9.52. The molecular weight excluding hydrogens is 803 g/mol. The van der Waals surface area contributed by atoms with E-state index in [-0.39, 0.29) is 11.0 Å². The van der Waals surface area contributed by atoms with E-state index in [9.17, 15) is 0 Å². The first kappa shape index (κ1) is 40.1. The lowest BCUT2D eigenvalue weighted by atomic mass is 9.80. The van der Waals surface area contributed by atoms with Gasteiger partial charge in [0.05, 0.1) is 16.7 Å². The Morgan fingerprint density at radius 2 is 1.21 bits per heavy atom. The fraction of sp³-hybridized carbons (Fsp3) is 0.161. The first-order valence-corrected chi connectivity index (χ1v) is 23.4. The van der Waals surface area contributed by atoms with Gasteiger partial charge in [-0.25, -0.2) is 0 Å². The van der Waals surface area contributed by atoms with E-state index in [4.69, 9.17) is 4.42 Å². The molecular formula is C62H53N3O. The third kappa shape index (κ3) is 6.54. The topological polar surface area (TPSA) is 24.6 Å². The van der Waals surface area contributed by atoms with E-state index in [0.29, 0.717) is 0 Å². The second-order valence-electron chi connectivity index (χ2n) is 19.7. The molecule has 0 N–H and O–H groups in total. The quantitative estimate of drug-likeness (QED) is 0.160. The van der Waals surface area contributed by atoms with Crippen LogP contribution in [0.2, 0.25) is 0 Å². The molecule has 2 aliphatic rings. The Morgan fingerprint density at radius 1 is 0.530 bits per heavy atom. The van der Waals surface area contributed by atoms with E-state index < -0.39 is 0 Å². The van der Waals surface area contributed by atoms with Crippen LogP contribution in [0.5, 0.6) is 0 Å². The highest BCUT2D eigenvalue weighted by Crippen LogP contribution is 2.55. The van der Waals surface area contributed by atoms with Gasteiger partial charge in [-0.1, -0.05) is 147 Å². The minimum absolute atomic E-state index is 0.0996. The molecule has 8 aromatic carbocycles. The van der Waals surface area contributed by atoms with Crippen LogP contribution < -0.4 is 4.90 Å². The molecule has 1 aliphatic carbocycles. The van der Waals surface area contributed by atoms with Crippen molar-refractivity contribution in [1.29, 1.82) is 0 Å². The van der Waals surface area contributed by atoms with Gasteiger partial charge < -0.3 is 8.98 Å². The third-order valence-corrected chi connectivity index (χ3v) is 14.4. The van der Waals surface area contributed by atoms with Crippen molar-refractivity contribution >= 4 is 39.1 Å². The summed E-state index contributed by atoms with van der Waals surface area (Å²) in [6.07, 6.45) is 1.01. The molecule has 66 heavy (non-hydrogen) atoms. The van der Waals surface area contributed by atoms with Crippen molar-refractivity contribution in [3.63, 3.8) is 0 Å². The van der Waals surface area contributed by atoms with Crippen LogP contribution in [-0.4, -0.2) is 21.6 Å². The first-order valence-electron chi connectivity index (χ1n) is 23.4. The molecule has 1 aliphatic heterocycles. The number of anilines is 3. The van der Waals surface area contributed by atoms with Gasteiger partial charge in [-0.15, -0.1) is 0 Å². The van der Waals surface area contributed by atoms with Crippen molar-refractivity contribution in [2.45, 2.75) is 58.5 Å². The smallest absolute Gasteiger partial charge is 0.205 e. The van der Waals surface area contributed by atoms with Crippen molar-refractivity contribution in [3.8, 4) is 50.4 Å². The van der Waals surface area contributed by atoms with Crippen LogP contribution in [0.25, 0.3) is 72.2 Å². The highest BCUT2D eigenvalue weighted by molar-refractivity contribution is 6.10. The zero-order valence-corrected chi connectivity index (χ0v) is 38.3. The summed E-state index contributed by atoms with van der Waals surface area (Å²) in [7, 11) is 0. The molecule has 4 heteroatoms. The number of rotatable bonds is 7. The van der Waals surface area contributed by atoms with E-state index in [1.807, 2.05) is 0 Å². The molecule has 0 bridgehead atoms. The Hall–Kier alpha value is -7.40. The Kier molecular flexibility index (Phi) is 9.34. The number of fused-ring (bicyclic) bond motifs is 7. The Balaban J connectivity index is 1.05. The summed E-state index contributed by atoms with van der Waals surface area (Å²) in [5.41, 5.74) is 19.7. The van der Waals surface area contributed by atoms with Gasteiger partial charge in [-0.05, 0) is 137 Å². The van der Waals surface area contributed by atoms with Crippen LogP contribution >= 0.6 is 0 Å². The first-order chi connectivity index (χ1) is 32.1. The highest BCUT2D eigenvalue weighted by atomic mass is 16.4. The lowest BCUT2D eigenvalue weighted by Crippen LogP contribution is -2.44. The van der Waals surface area contributed by atoms with E-state index >= 15 is 0 Å². The largest absolute Gasteiger partial charge is 0.440 e. The molecule has 12 rings (SSSR count). The van der Waals surface area contributed by atoms with Crippen molar-refractivity contribution in [2.75, 3.05) is 11.4 Å². The monoisotopic (exact) mass is 855 g/mol. The molecule has 0 amide bonds. The van der Waals surface area contributed by atoms with Crippen LogP contribution in [-0.2, 0) is 18.4 Å². The van der Waals surface area contributed by atoms with Crippen molar-refractivity contribution in [2.24, 2.45) is 0 Å². The molecule has 0 radical (unpaired) electrons. The second kappa shape index (κ2) is 15.4. The second-order valence-corrected chi connectivity index (χ2v) is 19.7. The Labute approximate surface area is 388 Å². The van der Waals surface area contributed by atoms with Crippen LogP contribution in [0.3, 0.4) is 0 Å². The Bertz CT molecular complexity index is 3460. The zero-order chi connectivity index (χ0) is 44.7. The highest BCUT2D eigenvalue weighted by Gasteiger charge is 2.39. The predicted molar refractivity (Wildman–Crippen MR) is 275 cm³/mol. The lowest BCUT2D eigenvalue weighted by Gasteiger charge is -2.40. The molecule has 3 heterocycles. The summed E-state index contributed by atoms with van der Waals surface area (Å²) in [5.74, 6) is 1.58. The minimum Gasteiger partial charge on any atom is -0.440 e. The molecule has 0 unspecified atom stereocenters.